The van der Waals surface area contributed by atoms with E-state index in [9.17, 15) is 5.11 Å². The number of β-amino-alcohol motifs (C(OH)–C–C–N with tert-alkyl or cyclic N) is 1. The lowest BCUT2D eigenvalue weighted by Gasteiger charge is -2.36. The monoisotopic (exact) mass is 200 g/mol. The van der Waals surface area contributed by atoms with Gasteiger partial charge in [-0.15, -0.1) is 0 Å². The maximum absolute atomic E-state index is 9.95. The molecule has 0 aromatic rings. The van der Waals surface area contributed by atoms with Gasteiger partial charge in [0.15, 0.2) is 0 Å². The molecule has 84 valence electrons. The van der Waals surface area contributed by atoms with Gasteiger partial charge in [0, 0.05) is 32.7 Å². The highest BCUT2D eigenvalue weighted by Crippen LogP contribution is 2.20. The Kier molecular flexibility index (Phi) is 3.93. The fraction of sp³-hybridized carbons (Fsp3) is 1.00. The first-order valence-corrected chi connectivity index (χ1v) is 5.48. The highest BCUT2D eigenvalue weighted by Gasteiger charge is 2.25. The predicted octanol–water partition coefficient (Wildman–Crippen LogP) is 0.641. The van der Waals surface area contributed by atoms with Gasteiger partial charge < -0.3 is 10.0 Å². The molecular weight excluding hydrogens is 176 g/mol. The molecule has 1 saturated heterocycles. The van der Waals surface area contributed by atoms with Gasteiger partial charge in [0.05, 0.1) is 6.10 Å². The number of hydrogen-bond acceptors (Lipinski definition) is 3. The van der Waals surface area contributed by atoms with Gasteiger partial charge in [-0.2, -0.15) is 0 Å². The average Bonchev–Trinajstić information content (AvgIpc) is 2.07. The quantitative estimate of drug-likeness (QED) is 0.708. The SMILES string of the molecule is CN1CCN(CC(O)C(C)(C)C)CC1. The fourth-order valence-corrected chi connectivity index (χ4v) is 1.55. The van der Waals surface area contributed by atoms with Crippen molar-refractivity contribution in [3.05, 3.63) is 0 Å². The summed E-state index contributed by atoms with van der Waals surface area (Å²) in [5, 5.41) is 9.95. The minimum atomic E-state index is -0.217. The summed E-state index contributed by atoms with van der Waals surface area (Å²) in [6.45, 7) is 11.5. The molecule has 0 radical (unpaired) electrons. The average molecular weight is 200 g/mol. The third-order valence-corrected chi connectivity index (χ3v) is 3.03. The summed E-state index contributed by atoms with van der Waals surface area (Å²) in [4.78, 5) is 4.69. The molecule has 1 N–H and O–H groups in total. The van der Waals surface area contributed by atoms with Crippen LogP contribution in [0.4, 0.5) is 0 Å². The standard InChI is InChI=1S/C11H24N2O/c1-11(2,3)10(14)9-13-7-5-12(4)6-8-13/h10,14H,5-9H2,1-4H3. The van der Waals surface area contributed by atoms with Crippen LogP contribution in [0.2, 0.25) is 0 Å². The molecule has 1 atom stereocenters. The van der Waals surface area contributed by atoms with Crippen LogP contribution in [0.15, 0.2) is 0 Å². The van der Waals surface area contributed by atoms with E-state index in [0.29, 0.717) is 0 Å². The number of rotatable bonds is 2. The lowest BCUT2D eigenvalue weighted by molar-refractivity contribution is 0.0161. The summed E-state index contributed by atoms with van der Waals surface area (Å²) >= 11 is 0. The first-order chi connectivity index (χ1) is 6.39. The summed E-state index contributed by atoms with van der Waals surface area (Å²) in [6, 6.07) is 0. The van der Waals surface area contributed by atoms with Gasteiger partial charge in [0.2, 0.25) is 0 Å². The normalized spacial score (nSPS) is 23.8. The summed E-state index contributed by atoms with van der Waals surface area (Å²) in [7, 11) is 2.15. The smallest absolute Gasteiger partial charge is 0.0715 e. The van der Waals surface area contributed by atoms with Crippen LogP contribution in [0.25, 0.3) is 0 Å². The second-order valence-corrected chi connectivity index (χ2v) is 5.49. The van der Waals surface area contributed by atoms with E-state index in [4.69, 9.17) is 0 Å². The molecule has 1 aliphatic rings. The Bertz CT molecular complexity index is 169. The van der Waals surface area contributed by atoms with E-state index >= 15 is 0 Å². The zero-order valence-corrected chi connectivity index (χ0v) is 9.95. The summed E-state index contributed by atoms with van der Waals surface area (Å²) in [5.74, 6) is 0. The first-order valence-electron chi connectivity index (χ1n) is 5.48. The Morgan fingerprint density at radius 1 is 1.14 bits per heavy atom. The molecule has 1 heterocycles. The first kappa shape index (κ1) is 12.0. The van der Waals surface area contributed by atoms with Crippen LogP contribution >= 0.6 is 0 Å². The number of aliphatic hydroxyl groups is 1. The van der Waals surface area contributed by atoms with E-state index in [1.807, 2.05) is 0 Å². The Morgan fingerprint density at radius 3 is 2.07 bits per heavy atom. The van der Waals surface area contributed by atoms with Crippen LogP contribution in [0.3, 0.4) is 0 Å². The molecule has 0 aromatic heterocycles. The molecule has 0 aromatic carbocycles. The fourth-order valence-electron chi connectivity index (χ4n) is 1.55. The van der Waals surface area contributed by atoms with Crippen LogP contribution in [-0.2, 0) is 0 Å². The molecule has 14 heavy (non-hydrogen) atoms. The number of nitrogens with zero attached hydrogens (tertiary/aromatic N) is 2. The highest BCUT2D eigenvalue weighted by molar-refractivity contribution is 4.78. The molecule has 1 fully saturated rings. The minimum absolute atomic E-state index is 0.00332. The van der Waals surface area contributed by atoms with E-state index in [1.54, 1.807) is 0 Å². The van der Waals surface area contributed by atoms with Crippen molar-refractivity contribution in [2.45, 2.75) is 26.9 Å². The molecule has 1 aliphatic heterocycles. The highest BCUT2D eigenvalue weighted by atomic mass is 16.3. The van der Waals surface area contributed by atoms with Gasteiger partial charge in [0.25, 0.3) is 0 Å². The molecule has 0 spiro atoms. The van der Waals surface area contributed by atoms with E-state index in [-0.39, 0.29) is 11.5 Å². The van der Waals surface area contributed by atoms with Gasteiger partial charge in [-0.05, 0) is 12.5 Å². The lowest BCUT2D eigenvalue weighted by atomic mass is 9.89. The third-order valence-electron chi connectivity index (χ3n) is 3.03. The number of likely N-dealkylation sites (N-methyl/N-ethyl adjacent to an activating group) is 1. The van der Waals surface area contributed by atoms with Gasteiger partial charge >= 0.3 is 0 Å². The number of hydrogen-bond donors (Lipinski definition) is 1. The molecule has 0 bridgehead atoms. The topological polar surface area (TPSA) is 26.7 Å². The Morgan fingerprint density at radius 2 is 1.64 bits per heavy atom. The molecule has 1 unspecified atom stereocenters. The third kappa shape index (κ3) is 3.56. The molecule has 0 aliphatic carbocycles. The van der Waals surface area contributed by atoms with Crippen LogP contribution in [0.5, 0.6) is 0 Å². The molecule has 3 heteroatoms. The van der Waals surface area contributed by atoms with Crippen molar-refractivity contribution in [1.82, 2.24) is 9.80 Å². The lowest BCUT2D eigenvalue weighted by Crippen LogP contribution is -2.49. The molecule has 0 saturated carbocycles. The second kappa shape index (κ2) is 4.60. The van der Waals surface area contributed by atoms with Crippen molar-refractivity contribution in [3.8, 4) is 0 Å². The molecular formula is C11H24N2O. The van der Waals surface area contributed by atoms with Crippen LogP contribution < -0.4 is 0 Å². The maximum atomic E-state index is 9.95. The van der Waals surface area contributed by atoms with E-state index < -0.39 is 0 Å². The van der Waals surface area contributed by atoms with Crippen molar-refractivity contribution < 1.29 is 5.11 Å². The predicted molar refractivity (Wildman–Crippen MR) is 59.4 cm³/mol. The van der Waals surface area contributed by atoms with Crippen LogP contribution in [-0.4, -0.2) is 60.8 Å². The van der Waals surface area contributed by atoms with Gasteiger partial charge in [-0.3, -0.25) is 4.90 Å². The number of aliphatic hydroxyl groups excluding tert-OH is 1. The molecule has 3 nitrogen and oxygen atoms in total. The zero-order valence-electron chi connectivity index (χ0n) is 9.95. The van der Waals surface area contributed by atoms with Crippen molar-refractivity contribution in [1.29, 1.82) is 0 Å². The Hall–Kier alpha value is -0.120. The van der Waals surface area contributed by atoms with Crippen molar-refractivity contribution in [2.24, 2.45) is 5.41 Å². The van der Waals surface area contributed by atoms with Crippen molar-refractivity contribution >= 4 is 0 Å². The van der Waals surface area contributed by atoms with Crippen LogP contribution in [0.1, 0.15) is 20.8 Å². The van der Waals surface area contributed by atoms with E-state index in [1.165, 1.54) is 0 Å². The summed E-state index contributed by atoms with van der Waals surface area (Å²) in [6.07, 6.45) is -0.217. The molecule has 1 rings (SSSR count). The largest absolute Gasteiger partial charge is 0.391 e. The Balaban J connectivity index is 2.31. The minimum Gasteiger partial charge on any atom is -0.391 e. The van der Waals surface area contributed by atoms with Gasteiger partial charge in [0.1, 0.15) is 0 Å². The van der Waals surface area contributed by atoms with Gasteiger partial charge in [-0.25, -0.2) is 0 Å². The van der Waals surface area contributed by atoms with Gasteiger partial charge in [-0.1, -0.05) is 20.8 Å². The zero-order chi connectivity index (χ0) is 10.8. The number of piperazine rings is 1. The van der Waals surface area contributed by atoms with Crippen LogP contribution in [0, 0.1) is 5.41 Å². The van der Waals surface area contributed by atoms with Crippen molar-refractivity contribution in [3.63, 3.8) is 0 Å². The second-order valence-electron chi connectivity index (χ2n) is 5.49. The van der Waals surface area contributed by atoms with E-state index in [0.717, 1.165) is 32.7 Å². The summed E-state index contributed by atoms with van der Waals surface area (Å²) < 4.78 is 0. The Labute approximate surface area is 87.7 Å². The maximum Gasteiger partial charge on any atom is 0.0715 e. The van der Waals surface area contributed by atoms with E-state index in [2.05, 4.69) is 37.6 Å². The summed E-state index contributed by atoms with van der Waals surface area (Å²) in [5.41, 5.74) is 0.00332. The molecule has 0 amide bonds. The van der Waals surface area contributed by atoms with Crippen molar-refractivity contribution in [2.75, 3.05) is 39.8 Å².